The number of carbonyl (C=O) groups excluding carboxylic acids is 1. The fourth-order valence-corrected chi connectivity index (χ4v) is 2.50. The molecular formula is C13H19N3O. The highest BCUT2D eigenvalue weighted by Crippen LogP contribution is 2.29. The minimum Gasteiger partial charge on any atom is -0.328 e. The number of rotatable bonds is 2. The summed E-state index contributed by atoms with van der Waals surface area (Å²) in [6.45, 7) is 2.11. The fraction of sp³-hybridized carbons (Fsp3) is 0.538. The lowest BCUT2D eigenvalue weighted by Gasteiger charge is -2.31. The summed E-state index contributed by atoms with van der Waals surface area (Å²) in [5, 5.41) is 2.94. The van der Waals surface area contributed by atoms with Crippen molar-refractivity contribution in [3.05, 3.63) is 24.5 Å². The lowest BCUT2D eigenvalue weighted by atomic mass is 9.78. The van der Waals surface area contributed by atoms with Gasteiger partial charge in [-0.05, 0) is 37.3 Å². The van der Waals surface area contributed by atoms with Crippen LogP contribution in [0.3, 0.4) is 0 Å². The third-order valence-electron chi connectivity index (χ3n) is 3.49. The van der Waals surface area contributed by atoms with Gasteiger partial charge in [-0.25, -0.2) is 0 Å². The van der Waals surface area contributed by atoms with Gasteiger partial charge in [-0.2, -0.15) is 0 Å². The van der Waals surface area contributed by atoms with E-state index in [1.54, 1.807) is 24.5 Å². The molecule has 17 heavy (non-hydrogen) atoms. The maximum atomic E-state index is 12.1. The van der Waals surface area contributed by atoms with Crippen molar-refractivity contribution in [3.8, 4) is 0 Å². The van der Waals surface area contributed by atoms with Crippen molar-refractivity contribution in [3.63, 3.8) is 0 Å². The van der Waals surface area contributed by atoms with Crippen molar-refractivity contribution in [1.29, 1.82) is 0 Å². The van der Waals surface area contributed by atoms with Gasteiger partial charge in [0.05, 0.1) is 0 Å². The van der Waals surface area contributed by atoms with Crippen molar-refractivity contribution in [2.45, 2.75) is 32.2 Å². The Hall–Kier alpha value is -1.42. The Bertz CT molecular complexity index is 380. The van der Waals surface area contributed by atoms with E-state index in [-0.39, 0.29) is 17.9 Å². The van der Waals surface area contributed by atoms with E-state index in [0.717, 1.165) is 24.9 Å². The summed E-state index contributed by atoms with van der Waals surface area (Å²) in [7, 11) is 0. The van der Waals surface area contributed by atoms with Crippen LogP contribution in [0.2, 0.25) is 0 Å². The number of nitrogens with zero attached hydrogens (tertiary/aromatic N) is 1. The van der Waals surface area contributed by atoms with Crippen molar-refractivity contribution >= 4 is 11.6 Å². The minimum absolute atomic E-state index is 0.0861. The van der Waals surface area contributed by atoms with Gasteiger partial charge < -0.3 is 11.1 Å². The third kappa shape index (κ3) is 3.03. The van der Waals surface area contributed by atoms with Crippen molar-refractivity contribution in [2.24, 2.45) is 17.6 Å². The van der Waals surface area contributed by atoms with Gasteiger partial charge in [-0.3, -0.25) is 9.78 Å². The number of aromatic nitrogens is 1. The first-order valence-corrected chi connectivity index (χ1v) is 6.13. The van der Waals surface area contributed by atoms with Crippen LogP contribution in [-0.4, -0.2) is 16.9 Å². The summed E-state index contributed by atoms with van der Waals surface area (Å²) >= 11 is 0. The zero-order chi connectivity index (χ0) is 12.3. The van der Waals surface area contributed by atoms with Crippen LogP contribution in [-0.2, 0) is 4.79 Å². The van der Waals surface area contributed by atoms with E-state index >= 15 is 0 Å². The Morgan fingerprint density at radius 3 is 2.76 bits per heavy atom. The van der Waals surface area contributed by atoms with Crippen LogP contribution >= 0.6 is 0 Å². The first-order valence-electron chi connectivity index (χ1n) is 6.13. The van der Waals surface area contributed by atoms with Gasteiger partial charge in [0.2, 0.25) is 5.91 Å². The summed E-state index contributed by atoms with van der Waals surface area (Å²) in [4.78, 5) is 16.0. The zero-order valence-corrected chi connectivity index (χ0v) is 10.1. The van der Waals surface area contributed by atoms with E-state index in [1.165, 1.54) is 0 Å². The van der Waals surface area contributed by atoms with Crippen LogP contribution in [0, 0.1) is 11.8 Å². The minimum atomic E-state index is 0.0861. The molecular weight excluding hydrogens is 214 g/mol. The number of anilines is 1. The molecule has 0 unspecified atom stereocenters. The molecule has 3 N–H and O–H groups in total. The van der Waals surface area contributed by atoms with Crippen LogP contribution in [0.5, 0.6) is 0 Å². The molecule has 1 amide bonds. The zero-order valence-electron chi connectivity index (χ0n) is 10.1. The van der Waals surface area contributed by atoms with Crippen LogP contribution in [0.4, 0.5) is 5.69 Å². The molecule has 2 rings (SSSR count). The highest BCUT2D eigenvalue weighted by Gasteiger charge is 2.30. The lowest BCUT2D eigenvalue weighted by Crippen LogP contribution is -2.37. The number of hydrogen-bond donors (Lipinski definition) is 2. The van der Waals surface area contributed by atoms with Crippen LogP contribution in [0.25, 0.3) is 0 Å². The predicted octanol–water partition coefficient (Wildman–Crippen LogP) is 1.78. The first kappa shape index (κ1) is 12.0. The van der Waals surface area contributed by atoms with Gasteiger partial charge in [0.1, 0.15) is 0 Å². The molecule has 1 aliphatic rings. The van der Waals surface area contributed by atoms with E-state index < -0.39 is 0 Å². The molecule has 0 aromatic carbocycles. The second kappa shape index (κ2) is 5.27. The number of nitrogens with two attached hydrogens (primary N) is 1. The average Bonchev–Trinajstić information content (AvgIpc) is 2.30. The van der Waals surface area contributed by atoms with Gasteiger partial charge in [0, 0.05) is 30.0 Å². The highest BCUT2D eigenvalue weighted by molar-refractivity contribution is 5.92. The molecule has 0 spiro atoms. The van der Waals surface area contributed by atoms with E-state index in [2.05, 4.69) is 17.2 Å². The summed E-state index contributed by atoms with van der Waals surface area (Å²) in [5.74, 6) is 0.555. The molecule has 1 fully saturated rings. The van der Waals surface area contributed by atoms with E-state index in [4.69, 9.17) is 5.73 Å². The SMILES string of the molecule is C[C@@H]1C[C@@H](N)CC[C@H]1C(=O)Nc1ccncc1. The monoisotopic (exact) mass is 233 g/mol. The lowest BCUT2D eigenvalue weighted by molar-refractivity contribution is -0.122. The number of nitrogens with one attached hydrogen (secondary N) is 1. The number of amides is 1. The van der Waals surface area contributed by atoms with Crippen LogP contribution in [0.1, 0.15) is 26.2 Å². The molecule has 0 radical (unpaired) electrons. The summed E-state index contributed by atoms with van der Waals surface area (Å²) < 4.78 is 0. The summed E-state index contributed by atoms with van der Waals surface area (Å²) in [5.41, 5.74) is 6.71. The van der Waals surface area contributed by atoms with Gasteiger partial charge in [-0.15, -0.1) is 0 Å². The third-order valence-corrected chi connectivity index (χ3v) is 3.49. The number of pyridine rings is 1. The Balaban J connectivity index is 1.96. The molecule has 1 saturated carbocycles. The molecule has 0 aliphatic heterocycles. The molecule has 1 heterocycles. The molecule has 0 bridgehead atoms. The van der Waals surface area contributed by atoms with Crippen molar-refractivity contribution < 1.29 is 4.79 Å². The van der Waals surface area contributed by atoms with Gasteiger partial charge in [0.25, 0.3) is 0 Å². The standard InChI is InChI=1S/C13H19N3O/c1-9-8-10(14)2-3-12(9)13(17)16-11-4-6-15-7-5-11/h4-7,9-10,12H,2-3,8,14H2,1H3,(H,15,16,17)/t9-,10+,12-/m1/s1. The highest BCUT2D eigenvalue weighted by atomic mass is 16.1. The molecule has 4 nitrogen and oxygen atoms in total. The first-order chi connectivity index (χ1) is 8.16. The molecule has 1 aromatic rings. The maximum Gasteiger partial charge on any atom is 0.227 e. The molecule has 1 aromatic heterocycles. The Morgan fingerprint density at radius 2 is 2.12 bits per heavy atom. The van der Waals surface area contributed by atoms with Gasteiger partial charge >= 0.3 is 0 Å². The van der Waals surface area contributed by atoms with Gasteiger partial charge in [0.15, 0.2) is 0 Å². The van der Waals surface area contributed by atoms with Crippen LogP contribution < -0.4 is 11.1 Å². The summed E-state index contributed by atoms with van der Waals surface area (Å²) in [6, 6.07) is 3.86. The quantitative estimate of drug-likeness (QED) is 0.818. The molecule has 1 aliphatic carbocycles. The van der Waals surface area contributed by atoms with E-state index in [0.29, 0.717) is 5.92 Å². The molecule has 4 heteroatoms. The predicted molar refractivity (Wildman–Crippen MR) is 67.3 cm³/mol. The number of hydrogen-bond acceptors (Lipinski definition) is 3. The molecule has 0 saturated heterocycles. The average molecular weight is 233 g/mol. The normalized spacial score (nSPS) is 28.7. The second-order valence-electron chi connectivity index (χ2n) is 4.88. The smallest absolute Gasteiger partial charge is 0.227 e. The van der Waals surface area contributed by atoms with E-state index in [9.17, 15) is 4.79 Å². The topological polar surface area (TPSA) is 68.0 Å². The van der Waals surface area contributed by atoms with E-state index in [1.807, 2.05) is 0 Å². The van der Waals surface area contributed by atoms with Crippen molar-refractivity contribution in [1.82, 2.24) is 4.98 Å². The fourth-order valence-electron chi connectivity index (χ4n) is 2.50. The van der Waals surface area contributed by atoms with Crippen LogP contribution in [0.15, 0.2) is 24.5 Å². The Labute approximate surface area is 102 Å². The molecule has 92 valence electrons. The number of carbonyl (C=O) groups is 1. The summed E-state index contributed by atoms with van der Waals surface area (Å²) in [6.07, 6.45) is 6.12. The maximum absolute atomic E-state index is 12.1. The second-order valence-corrected chi connectivity index (χ2v) is 4.88. The largest absolute Gasteiger partial charge is 0.328 e. The Kier molecular flexibility index (Phi) is 3.74. The van der Waals surface area contributed by atoms with Gasteiger partial charge in [-0.1, -0.05) is 6.92 Å². The Morgan fingerprint density at radius 1 is 1.41 bits per heavy atom. The molecule has 3 atom stereocenters. The van der Waals surface area contributed by atoms with Crippen molar-refractivity contribution in [2.75, 3.05) is 5.32 Å².